The van der Waals surface area contributed by atoms with Crippen LogP contribution in [0.1, 0.15) is 30.0 Å². The Morgan fingerprint density at radius 3 is 2.25 bits per heavy atom. The summed E-state index contributed by atoms with van der Waals surface area (Å²) in [5.74, 6) is -2.73. The number of carboxylic acid groups (broad SMARTS) is 1. The number of nitrogens with zero attached hydrogens (tertiary/aromatic N) is 1. The van der Waals surface area contributed by atoms with Gasteiger partial charge in [-0.25, -0.2) is 0 Å². The van der Waals surface area contributed by atoms with Crippen LogP contribution >= 0.6 is 15.9 Å². The molecule has 28 heavy (non-hydrogen) atoms. The maximum absolute atomic E-state index is 12.7. The molecule has 1 atom stereocenters. The number of hydrogen-bond donors (Lipinski definition) is 2. The van der Waals surface area contributed by atoms with Crippen LogP contribution in [-0.4, -0.2) is 39.3 Å². The number of halogens is 1. The van der Waals surface area contributed by atoms with Crippen molar-refractivity contribution in [2.24, 2.45) is 0 Å². The molecule has 144 valence electrons. The standard InChI is InChI=1S/C21H18BrNO5/c22-15-10-8-13(9-11-15)18-17(19(26)14-5-2-1-3-6-14)20(27)21(28)23(18)12-4-7-16(24)25/h1-3,5-6,8-11,18,26H,4,7,12H2,(H,24,25). The molecule has 6 nitrogen and oxygen atoms in total. The van der Waals surface area contributed by atoms with Gasteiger partial charge in [0, 0.05) is 23.0 Å². The third kappa shape index (κ3) is 3.99. The van der Waals surface area contributed by atoms with Gasteiger partial charge in [0.05, 0.1) is 11.6 Å². The number of rotatable bonds is 6. The van der Waals surface area contributed by atoms with Crippen LogP contribution in [-0.2, 0) is 14.4 Å². The molecule has 2 N–H and O–H groups in total. The second kappa shape index (κ2) is 8.39. The SMILES string of the molecule is O=C(O)CCCN1C(=O)C(=O)C(=C(O)c2ccccc2)C1c1ccc(Br)cc1. The summed E-state index contributed by atoms with van der Waals surface area (Å²) >= 11 is 3.36. The highest BCUT2D eigenvalue weighted by atomic mass is 79.9. The van der Waals surface area contributed by atoms with Gasteiger partial charge in [0.1, 0.15) is 5.76 Å². The van der Waals surface area contributed by atoms with Crippen molar-refractivity contribution in [3.63, 3.8) is 0 Å². The number of hydrogen-bond acceptors (Lipinski definition) is 4. The van der Waals surface area contributed by atoms with Crippen LogP contribution in [0, 0.1) is 0 Å². The van der Waals surface area contributed by atoms with Gasteiger partial charge in [-0.1, -0.05) is 58.4 Å². The first-order valence-electron chi connectivity index (χ1n) is 8.71. The van der Waals surface area contributed by atoms with Crippen molar-refractivity contribution in [3.05, 3.63) is 75.8 Å². The van der Waals surface area contributed by atoms with Crippen molar-refractivity contribution in [1.82, 2.24) is 4.90 Å². The second-order valence-corrected chi connectivity index (χ2v) is 7.32. The van der Waals surface area contributed by atoms with Crippen molar-refractivity contribution in [2.75, 3.05) is 6.54 Å². The van der Waals surface area contributed by atoms with Gasteiger partial charge in [0.2, 0.25) is 0 Å². The Hall–Kier alpha value is -2.93. The van der Waals surface area contributed by atoms with Crippen LogP contribution in [0.3, 0.4) is 0 Å². The van der Waals surface area contributed by atoms with E-state index >= 15 is 0 Å². The summed E-state index contributed by atoms with van der Waals surface area (Å²) < 4.78 is 0.835. The number of aliphatic hydroxyl groups excluding tert-OH is 1. The van der Waals surface area contributed by atoms with Gasteiger partial charge in [-0.2, -0.15) is 0 Å². The van der Waals surface area contributed by atoms with Crippen molar-refractivity contribution >= 4 is 39.3 Å². The molecule has 2 aromatic rings. The van der Waals surface area contributed by atoms with Gasteiger partial charge in [-0.15, -0.1) is 0 Å². The Kier molecular flexibility index (Phi) is 5.94. The van der Waals surface area contributed by atoms with Crippen molar-refractivity contribution in [1.29, 1.82) is 0 Å². The van der Waals surface area contributed by atoms with Crippen LogP contribution in [0.2, 0.25) is 0 Å². The lowest BCUT2D eigenvalue weighted by Crippen LogP contribution is -2.31. The number of likely N-dealkylation sites (tertiary alicyclic amines) is 1. The highest BCUT2D eigenvalue weighted by Gasteiger charge is 2.45. The summed E-state index contributed by atoms with van der Waals surface area (Å²) in [4.78, 5) is 37.6. The molecule has 3 rings (SSSR count). The van der Waals surface area contributed by atoms with Gasteiger partial charge in [0.25, 0.3) is 11.7 Å². The normalized spacial score (nSPS) is 18.5. The molecule has 1 fully saturated rings. The molecule has 0 spiro atoms. The zero-order valence-corrected chi connectivity index (χ0v) is 16.4. The Labute approximate surface area is 170 Å². The van der Waals surface area contributed by atoms with E-state index in [4.69, 9.17) is 5.11 Å². The molecule has 1 unspecified atom stereocenters. The van der Waals surface area contributed by atoms with Gasteiger partial charge < -0.3 is 15.1 Å². The highest BCUT2D eigenvalue weighted by molar-refractivity contribution is 9.10. The largest absolute Gasteiger partial charge is 0.507 e. The van der Waals surface area contributed by atoms with Crippen LogP contribution in [0.25, 0.3) is 5.76 Å². The van der Waals surface area contributed by atoms with Crippen LogP contribution in [0.4, 0.5) is 0 Å². The summed E-state index contributed by atoms with van der Waals surface area (Å²) in [6.07, 6.45) is 0.0928. The molecule has 2 aromatic carbocycles. The number of amides is 1. The number of aliphatic hydroxyl groups is 1. The quantitative estimate of drug-likeness (QED) is 0.402. The Bertz CT molecular complexity index is 937. The average molecular weight is 444 g/mol. The predicted molar refractivity (Wildman–Crippen MR) is 106 cm³/mol. The smallest absolute Gasteiger partial charge is 0.303 e. The zero-order valence-electron chi connectivity index (χ0n) is 14.8. The average Bonchev–Trinajstić information content (AvgIpc) is 2.93. The van der Waals surface area contributed by atoms with Crippen molar-refractivity contribution < 1.29 is 24.6 Å². The van der Waals surface area contributed by atoms with Gasteiger partial charge in [-0.05, 0) is 24.1 Å². The first kappa shape index (κ1) is 19.8. The molecule has 1 aliphatic heterocycles. The lowest BCUT2D eigenvalue weighted by atomic mass is 9.95. The zero-order chi connectivity index (χ0) is 20.3. The summed E-state index contributed by atoms with van der Waals surface area (Å²) in [7, 11) is 0. The Morgan fingerprint density at radius 1 is 1.00 bits per heavy atom. The first-order valence-corrected chi connectivity index (χ1v) is 9.50. The monoisotopic (exact) mass is 443 g/mol. The summed E-state index contributed by atoms with van der Waals surface area (Å²) in [6.45, 7) is 0.100. The number of Topliss-reactive ketones (excluding diaryl/α,β-unsaturated/α-hetero) is 1. The van der Waals surface area contributed by atoms with Crippen LogP contribution in [0.5, 0.6) is 0 Å². The molecule has 1 heterocycles. The highest BCUT2D eigenvalue weighted by Crippen LogP contribution is 2.39. The molecule has 0 bridgehead atoms. The second-order valence-electron chi connectivity index (χ2n) is 6.41. The minimum absolute atomic E-state index is 0.00819. The summed E-state index contributed by atoms with van der Waals surface area (Å²) in [5.41, 5.74) is 1.11. The molecule has 0 aliphatic carbocycles. The number of ketones is 1. The number of benzene rings is 2. The number of aliphatic carboxylic acids is 1. The molecule has 1 saturated heterocycles. The molecule has 1 amide bonds. The molecular weight excluding hydrogens is 426 g/mol. The minimum atomic E-state index is -0.971. The van der Waals surface area contributed by atoms with Gasteiger partial charge in [0.15, 0.2) is 0 Å². The van der Waals surface area contributed by atoms with E-state index in [0.717, 1.165) is 4.47 Å². The van der Waals surface area contributed by atoms with Crippen molar-refractivity contribution in [2.45, 2.75) is 18.9 Å². The lowest BCUT2D eigenvalue weighted by molar-refractivity contribution is -0.140. The lowest BCUT2D eigenvalue weighted by Gasteiger charge is -2.25. The number of carbonyl (C=O) groups excluding carboxylic acids is 2. The van der Waals surface area contributed by atoms with E-state index < -0.39 is 23.7 Å². The third-order valence-electron chi connectivity index (χ3n) is 4.56. The Balaban J connectivity index is 2.08. The maximum atomic E-state index is 12.7. The van der Waals surface area contributed by atoms with Crippen molar-refractivity contribution in [3.8, 4) is 0 Å². The van der Waals surface area contributed by atoms with Crippen LogP contribution < -0.4 is 0 Å². The molecule has 0 radical (unpaired) electrons. The summed E-state index contributed by atoms with van der Waals surface area (Å²) in [5, 5.41) is 19.7. The van der Waals surface area contributed by atoms with E-state index in [2.05, 4.69) is 15.9 Å². The molecular formula is C21H18BrNO5. The van der Waals surface area contributed by atoms with Crippen LogP contribution in [0.15, 0.2) is 64.6 Å². The minimum Gasteiger partial charge on any atom is -0.507 e. The topological polar surface area (TPSA) is 94.9 Å². The molecule has 1 aliphatic rings. The van der Waals surface area contributed by atoms with E-state index in [1.807, 2.05) is 0 Å². The fourth-order valence-corrected chi connectivity index (χ4v) is 3.52. The third-order valence-corrected chi connectivity index (χ3v) is 5.09. The van der Waals surface area contributed by atoms with Gasteiger partial charge in [-0.3, -0.25) is 14.4 Å². The van der Waals surface area contributed by atoms with E-state index in [-0.39, 0.29) is 30.7 Å². The predicted octanol–water partition coefficient (Wildman–Crippen LogP) is 3.74. The van der Waals surface area contributed by atoms with E-state index in [1.165, 1.54) is 4.90 Å². The molecule has 0 aromatic heterocycles. The molecule has 7 heteroatoms. The first-order chi connectivity index (χ1) is 13.4. The Morgan fingerprint density at radius 2 is 1.64 bits per heavy atom. The molecule has 0 saturated carbocycles. The fourth-order valence-electron chi connectivity index (χ4n) is 3.25. The van der Waals surface area contributed by atoms with E-state index in [1.54, 1.807) is 54.6 Å². The van der Waals surface area contributed by atoms with Gasteiger partial charge >= 0.3 is 5.97 Å². The fraction of sp³-hybridized carbons (Fsp3) is 0.190. The number of carboxylic acids is 1. The summed E-state index contributed by atoms with van der Waals surface area (Å²) in [6, 6.07) is 14.9. The maximum Gasteiger partial charge on any atom is 0.303 e. The van der Waals surface area contributed by atoms with E-state index in [0.29, 0.717) is 11.1 Å². The number of carbonyl (C=O) groups is 3. The van der Waals surface area contributed by atoms with E-state index in [9.17, 15) is 19.5 Å².